The van der Waals surface area contributed by atoms with Crippen LogP contribution in [0, 0.1) is 17.1 Å². The number of nitrogens with two attached hydrogens (primary N) is 1. The van der Waals surface area contributed by atoms with E-state index in [0.717, 1.165) is 0 Å². The minimum atomic E-state index is -0.588. The van der Waals surface area contributed by atoms with Crippen molar-refractivity contribution in [3.8, 4) is 23.1 Å². The Kier molecular flexibility index (Phi) is 4.98. The maximum Gasteiger partial charge on any atom is 0.267 e. The minimum absolute atomic E-state index is 0.0129. The van der Waals surface area contributed by atoms with Crippen molar-refractivity contribution in [2.75, 3.05) is 17.2 Å². The maximum atomic E-state index is 15.0. The Labute approximate surface area is 176 Å². The van der Waals surface area contributed by atoms with Gasteiger partial charge in [0.05, 0.1) is 18.2 Å². The van der Waals surface area contributed by atoms with Crippen molar-refractivity contribution in [2.45, 2.75) is 13.0 Å². The second-order valence-corrected chi connectivity index (χ2v) is 7.19. The molecule has 1 unspecified atom stereocenters. The zero-order valence-electron chi connectivity index (χ0n) is 15.8. The number of amides is 1. The Hall–Kier alpha value is -3.70. The molecule has 2 aromatic carbocycles. The Morgan fingerprint density at radius 3 is 2.77 bits per heavy atom. The topological polar surface area (TPSA) is 105 Å². The van der Waals surface area contributed by atoms with Gasteiger partial charge in [-0.2, -0.15) is 5.26 Å². The van der Waals surface area contributed by atoms with E-state index >= 15 is 4.39 Å². The number of hydrogen-bond donors (Lipinski definition) is 1. The van der Waals surface area contributed by atoms with Gasteiger partial charge in [0.1, 0.15) is 29.6 Å². The molecule has 0 spiro atoms. The molecule has 1 aliphatic heterocycles. The number of hydrogen-bond acceptors (Lipinski definition) is 6. The number of carbonyl (C=O) groups is 1. The van der Waals surface area contributed by atoms with Crippen LogP contribution in [0.2, 0.25) is 5.02 Å². The summed E-state index contributed by atoms with van der Waals surface area (Å²) >= 11 is 5.93. The monoisotopic (exact) mass is 423 g/mol. The van der Waals surface area contributed by atoms with E-state index in [0.29, 0.717) is 16.3 Å². The van der Waals surface area contributed by atoms with E-state index in [-0.39, 0.29) is 34.9 Å². The lowest BCUT2D eigenvalue weighted by Crippen LogP contribution is -2.36. The van der Waals surface area contributed by atoms with Crippen LogP contribution >= 0.6 is 11.6 Å². The zero-order valence-corrected chi connectivity index (χ0v) is 16.5. The first-order valence-electron chi connectivity index (χ1n) is 8.97. The SMILES string of the molecule is CC1CN(c2ccc(-c3ccc(Cl)cc3C#N)c(F)c2)C(=O)c2c(N)ncnc2O1. The van der Waals surface area contributed by atoms with E-state index in [1.165, 1.54) is 29.4 Å². The van der Waals surface area contributed by atoms with E-state index in [9.17, 15) is 10.1 Å². The number of aromatic nitrogens is 2. The van der Waals surface area contributed by atoms with Crippen molar-refractivity contribution in [1.82, 2.24) is 9.97 Å². The van der Waals surface area contributed by atoms with Gasteiger partial charge in [-0.05, 0) is 37.3 Å². The smallest absolute Gasteiger partial charge is 0.267 e. The first-order valence-corrected chi connectivity index (χ1v) is 9.35. The average molecular weight is 424 g/mol. The molecule has 0 saturated carbocycles. The summed E-state index contributed by atoms with van der Waals surface area (Å²) in [6.07, 6.45) is 0.811. The van der Waals surface area contributed by atoms with Gasteiger partial charge in [-0.15, -0.1) is 0 Å². The Morgan fingerprint density at radius 2 is 2.03 bits per heavy atom. The van der Waals surface area contributed by atoms with Gasteiger partial charge in [0, 0.05) is 21.8 Å². The van der Waals surface area contributed by atoms with Crippen LogP contribution in [-0.2, 0) is 0 Å². The maximum absolute atomic E-state index is 15.0. The zero-order chi connectivity index (χ0) is 21.4. The third-order valence-electron chi connectivity index (χ3n) is 4.71. The van der Waals surface area contributed by atoms with Crippen molar-refractivity contribution in [1.29, 1.82) is 5.26 Å². The van der Waals surface area contributed by atoms with Gasteiger partial charge >= 0.3 is 0 Å². The highest BCUT2D eigenvalue weighted by Crippen LogP contribution is 2.33. The van der Waals surface area contributed by atoms with Crippen molar-refractivity contribution in [3.63, 3.8) is 0 Å². The van der Waals surface area contributed by atoms with Crippen LogP contribution in [0.3, 0.4) is 0 Å². The molecular weight excluding hydrogens is 409 g/mol. The van der Waals surface area contributed by atoms with Crippen molar-refractivity contribution in [3.05, 3.63) is 64.7 Å². The molecule has 150 valence electrons. The number of carbonyl (C=O) groups excluding carboxylic acids is 1. The molecule has 7 nitrogen and oxygen atoms in total. The van der Waals surface area contributed by atoms with E-state index in [1.54, 1.807) is 25.1 Å². The normalized spacial score (nSPS) is 15.7. The Morgan fingerprint density at radius 1 is 1.27 bits per heavy atom. The molecule has 9 heteroatoms. The second kappa shape index (κ2) is 7.61. The minimum Gasteiger partial charge on any atom is -0.472 e. The highest BCUT2D eigenvalue weighted by atomic mass is 35.5. The molecule has 3 aromatic rings. The van der Waals surface area contributed by atoms with Crippen LogP contribution in [0.25, 0.3) is 11.1 Å². The molecule has 0 aliphatic carbocycles. The van der Waals surface area contributed by atoms with Gasteiger partial charge in [0.25, 0.3) is 5.91 Å². The molecular formula is C21H15ClFN5O2. The Bertz CT molecular complexity index is 1210. The molecule has 2 heterocycles. The lowest BCUT2D eigenvalue weighted by atomic mass is 9.99. The largest absolute Gasteiger partial charge is 0.472 e. The van der Waals surface area contributed by atoms with Crippen LogP contribution in [0.1, 0.15) is 22.8 Å². The highest BCUT2D eigenvalue weighted by Gasteiger charge is 2.32. The van der Waals surface area contributed by atoms with Crippen LogP contribution in [-0.4, -0.2) is 28.5 Å². The summed E-state index contributed by atoms with van der Waals surface area (Å²) in [5, 5.41) is 9.73. The molecule has 1 aliphatic rings. The number of benzene rings is 2. The second-order valence-electron chi connectivity index (χ2n) is 6.75. The quantitative estimate of drug-likeness (QED) is 0.671. The number of rotatable bonds is 2. The van der Waals surface area contributed by atoms with Crippen molar-refractivity contribution >= 4 is 29.0 Å². The fraction of sp³-hybridized carbons (Fsp3) is 0.143. The molecule has 1 amide bonds. The fourth-order valence-electron chi connectivity index (χ4n) is 3.33. The van der Waals surface area contributed by atoms with Gasteiger partial charge in [0.15, 0.2) is 0 Å². The van der Waals surface area contributed by atoms with Gasteiger partial charge in [-0.1, -0.05) is 17.7 Å². The standard InChI is InChI=1S/C21H15ClFN5O2/c1-11-9-28(21(29)18-19(25)26-10-27-20(18)30-11)14-3-5-16(17(23)7-14)15-4-2-13(22)6-12(15)8-24/h2-7,10-11H,9H2,1H3,(H2,25,26,27). The van der Waals surface area contributed by atoms with Crippen molar-refractivity contribution in [2.24, 2.45) is 0 Å². The van der Waals surface area contributed by atoms with E-state index in [1.807, 2.05) is 6.07 Å². The molecule has 0 fully saturated rings. The van der Waals surface area contributed by atoms with Crippen LogP contribution < -0.4 is 15.4 Å². The molecule has 0 saturated heterocycles. The summed E-state index contributed by atoms with van der Waals surface area (Å²) in [6, 6.07) is 11.0. The first-order chi connectivity index (χ1) is 14.4. The average Bonchev–Trinajstić information content (AvgIpc) is 2.84. The molecule has 0 radical (unpaired) electrons. The third kappa shape index (κ3) is 3.40. The number of nitrogens with zero attached hydrogens (tertiary/aromatic N) is 4. The van der Waals surface area contributed by atoms with Crippen LogP contribution in [0.5, 0.6) is 5.88 Å². The number of ether oxygens (including phenoxy) is 1. The summed E-state index contributed by atoms with van der Waals surface area (Å²) in [4.78, 5) is 22.3. The molecule has 4 rings (SSSR count). The number of anilines is 2. The summed E-state index contributed by atoms with van der Waals surface area (Å²) < 4.78 is 20.7. The van der Waals surface area contributed by atoms with Gasteiger partial charge in [-0.3, -0.25) is 4.79 Å². The number of nitrogen functional groups attached to an aromatic ring is 1. The van der Waals surface area contributed by atoms with Crippen LogP contribution in [0.4, 0.5) is 15.9 Å². The summed E-state index contributed by atoms with van der Waals surface area (Å²) in [5.74, 6) is -0.987. The predicted molar refractivity (Wildman–Crippen MR) is 110 cm³/mol. The first kappa shape index (κ1) is 19.6. The number of halogens is 2. The Balaban J connectivity index is 1.77. The molecule has 30 heavy (non-hydrogen) atoms. The third-order valence-corrected chi connectivity index (χ3v) is 4.95. The molecule has 1 atom stereocenters. The molecule has 2 N–H and O–H groups in total. The lowest BCUT2D eigenvalue weighted by Gasteiger charge is -2.23. The van der Waals surface area contributed by atoms with Gasteiger partial charge < -0.3 is 15.4 Å². The lowest BCUT2D eigenvalue weighted by molar-refractivity contribution is 0.0988. The van der Waals surface area contributed by atoms with E-state index in [4.69, 9.17) is 22.1 Å². The van der Waals surface area contributed by atoms with Gasteiger partial charge in [-0.25, -0.2) is 14.4 Å². The van der Waals surface area contributed by atoms with E-state index < -0.39 is 17.8 Å². The predicted octanol–water partition coefficient (Wildman–Crippen LogP) is 3.82. The molecule has 1 aromatic heterocycles. The molecule has 0 bridgehead atoms. The van der Waals surface area contributed by atoms with Crippen molar-refractivity contribution < 1.29 is 13.9 Å². The highest BCUT2D eigenvalue weighted by molar-refractivity contribution is 6.30. The number of nitriles is 1. The van der Waals surface area contributed by atoms with E-state index in [2.05, 4.69) is 9.97 Å². The fourth-order valence-corrected chi connectivity index (χ4v) is 3.50. The number of fused-ring (bicyclic) bond motifs is 1. The summed E-state index contributed by atoms with van der Waals surface area (Å²) in [7, 11) is 0. The summed E-state index contributed by atoms with van der Waals surface area (Å²) in [6.45, 7) is 1.93. The van der Waals surface area contributed by atoms with Gasteiger partial charge in [0.2, 0.25) is 5.88 Å². The summed E-state index contributed by atoms with van der Waals surface area (Å²) in [5.41, 5.74) is 7.11. The van der Waals surface area contributed by atoms with Crippen LogP contribution in [0.15, 0.2) is 42.7 Å².